The summed E-state index contributed by atoms with van der Waals surface area (Å²) < 4.78 is 5.28. The Labute approximate surface area is 163 Å². The van der Waals surface area contributed by atoms with Crippen molar-refractivity contribution in [3.8, 4) is 5.75 Å². The van der Waals surface area contributed by atoms with E-state index in [4.69, 9.17) is 22.1 Å². The highest BCUT2D eigenvalue weighted by Crippen LogP contribution is 2.30. The number of halogens is 2. The van der Waals surface area contributed by atoms with E-state index in [1.807, 2.05) is 12.1 Å². The van der Waals surface area contributed by atoms with Gasteiger partial charge in [0.05, 0.1) is 23.4 Å². The molecular formula is C17H21Cl2N5O2. The summed E-state index contributed by atoms with van der Waals surface area (Å²) in [5.74, 6) is 1.09. The van der Waals surface area contributed by atoms with Gasteiger partial charge in [0, 0.05) is 31.4 Å². The molecular weight excluding hydrogens is 377 g/mol. The fourth-order valence-electron chi connectivity index (χ4n) is 2.89. The number of hydrogen-bond donors (Lipinski definition) is 2. The summed E-state index contributed by atoms with van der Waals surface area (Å²) >= 11 is 6.07. The lowest BCUT2D eigenvalue weighted by Crippen LogP contribution is -2.42. The molecule has 3 N–H and O–H groups in total. The van der Waals surface area contributed by atoms with Crippen LogP contribution in [0.2, 0.25) is 5.02 Å². The van der Waals surface area contributed by atoms with Crippen molar-refractivity contribution in [2.45, 2.75) is 18.9 Å². The maximum atomic E-state index is 12.8. The third kappa shape index (κ3) is 4.47. The smallest absolute Gasteiger partial charge is 0.257 e. The number of anilines is 2. The molecule has 0 unspecified atom stereocenters. The van der Waals surface area contributed by atoms with Gasteiger partial charge in [-0.15, -0.1) is 17.5 Å². The fourth-order valence-corrected chi connectivity index (χ4v) is 3.05. The predicted octanol–water partition coefficient (Wildman–Crippen LogP) is 2.86. The van der Waals surface area contributed by atoms with E-state index in [0.29, 0.717) is 35.1 Å². The van der Waals surface area contributed by atoms with Crippen molar-refractivity contribution in [1.29, 1.82) is 0 Å². The van der Waals surface area contributed by atoms with Gasteiger partial charge < -0.3 is 20.7 Å². The predicted molar refractivity (Wildman–Crippen MR) is 104 cm³/mol. The van der Waals surface area contributed by atoms with Gasteiger partial charge in [-0.1, -0.05) is 11.6 Å². The first-order chi connectivity index (χ1) is 12.1. The molecule has 1 amide bonds. The molecule has 9 heteroatoms. The summed E-state index contributed by atoms with van der Waals surface area (Å²) in [7, 11) is 1.51. The van der Waals surface area contributed by atoms with Crippen LogP contribution in [0.4, 0.5) is 11.5 Å². The number of nitrogens with two attached hydrogens (primary N) is 1. The Kier molecular flexibility index (Phi) is 6.88. The van der Waals surface area contributed by atoms with Gasteiger partial charge in [0.25, 0.3) is 5.91 Å². The second kappa shape index (κ2) is 8.91. The van der Waals surface area contributed by atoms with Crippen LogP contribution in [0.1, 0.15) is 23.2 Å². The largest absolute Gasteiger partial charge is 0.496 e. The molecule has 1 aromatic carbocycles. The lowest BCUT2D eigenvalue weighted by atomic mass is 10.0. The fraction of sp³-hybridized carbons (Fsp3) is 0.353. The van der Waals surface area contributed by atoms with Crippen molar-refractivity contribution in [2.24, 2.45) is 0 Å². The highest BCUT2D eigenvalue weighted by atomic mass is 35.5. The molecule has 1 saturated heterocycles. The van der Waals surface area contributed by atoms with Crippen LogP contribution in [0.25, 0.3) is 0 Å². The number of piperidine rings is 1. The van der Waals surface area contributed by atoms with Gasteiger partial charge in [-0.2, -0.15) is 5.10 Å². The highest BCUT2D eigenvalue weighted by molar-refractivity contribution is 6.33. The average molecular weight is 398 g/mol. The number of nitrogens with zero attached hydrogens (tertiary/aromatic N) is 3. The van der Waals surface area contributed by atoms with Gasteiger partial charge in [0.2, 0.25) is 0 Å². The van der Waals surface area contributed by atoms with Crippen LogP contribution in [0.5, 0.6) is 5.75 Å². The molecule has 0 atom stereocenters. The number of hydrogen-bond acceptors (Lipinski definition) is 6. The van der Waals surface area contributed by atoms with Crippen LogP contribution in [-0.2, 0) is 0 Å². The number of nitrogen functional groups attached to an aromatic ring is 1. The van der Waals surface area contributed by atoms with Crippen LogP contribution in [0.3, 0.4) is 0 Å². The first kappa shape index (κ1) is 20.1. The molecule has 1 fully saturated rings. The standard InChI is InChI=1S/C17H20ClN5O2.ClH/c1-25-15-10-14(19)13(18)9-12(15)17(24)23-7-4-11(5-8-23)21-16-3-2-6-20-22-16;/h2-3,6,9-11H,4-5,7-8,19H2,1H3,(H,21,22);1H. The Morgan fingerprint density at radius 2 is 2.12 bits per heavy atom. The summed E-state index contributed by atoms with van der Waals surface area (Å²) in [6, 6.07) is 7.13. The van der Waals surface area contributed by atoms with E-state index < -0.39 is 0 Å². The zero-order valence-corrected chi connectivity index (χ0v) is 15.9. The second-order valence-electron chi connectivity index (χ2n) is 5.89. The minimum absolute atomic E-state index is 0. The molecule has 0 spiro atoms. The van der Waals surface area contributed by atoms with E-state index >= 15 is 0 Å². The Bertz CT molecular complexity index is 752. The third-order valence-electron chi connectivity index (χ3n) is 4.26. The van der Waals surface area contributed by atoms with E-state index in [9.17, 15) is 4.79 Å². The monoisotopic (exact) mass is 397 g/mol. The molecule has 0 bridgehead atoms. The summed E-state index contributed by atoms with van der Waals surface area (Å²) in [5, 5.41) is 11.6. The minimum Gasteiger partial charge on any atom is -0.496 e. The molecule has 26 heavy (non-hydrogen) atoms. The highest BCUT2D eigenvalue weighted by Gasteiger charge is 2.26. The number of ether oxygens (including phenoxy) is 1. The second-order valence-corrected chi connectivity index (χ2v) is 6.30. The number of amides is 1. The van der Waals surface area contributed by atoms with Crippen molar-refractivity contribution < 1.29 is 9.53 Å². The number of benzene rings is 1. The normalized spacial score (nSPS) is 14.5. The Morgan fingerprint density at radius 3 is 2.73 bits per heavy atom. The van der Waals surface area contributed by atoms with Gasteiger partial charge in [0.1, 0.15) is 11.6 Å². The summed E-state index contributed by atoms with van der Waals surface area (Å²) in [6.07, 6.45) is 3.29. The molecule has 1 aliphatic rings. The lowest BCUT2D eigenvalue weighted by molar-refractivity contribution is 0.0715. The Balaban J connectivity index is 0.00000243. The van der Waals surface area contributed by atoms with Crippen LogP contribution >= 0.6 is 24.0 Å². The number of nitrogens with one attached hydrogen (secondary N) is 1. The SMILES string of the molecule is COc1cc(N)c(Cl)cc1C(=O)N1CCC(Nc2cccnn2)CC1.Cl. The number of aromatic nitrogens is 2. The van der Waals surface area contributed by atoms with Crippen molar-refractivity contribution in [3.63, 3.8) is 0 Å². The van der Waals surface area contributed by atoms with E-state index in [0.717, 1.165) is 18.7 Å². The minimum atomic E-state index is -0.100. The zero-order valence-electron chi connectivity index (χ0n) is 14.3. The molecule has 0 radical (unpaired) electrons. The molecule has 140 valence electrons. The number of carbonyl (C=O) groups is 1. The van der Waals surface area contributed by atoms with Gasteiger partial charge in [0.15, 0.2) is 0 Å². The number of methoxy groups -OCH3 is 1. The molecule has 7 nitrogen and oxygen atoms in total. The Hall–Kier alpha value is -2.25. The first-order valence-corrected chi connectivity index (χ1v) is 8.43. The van der Waals surface area contributed by atoms with E-state index in [-0.39, 0.29) is 24.4 Å². The lowest BCUT2D eigenvalue weighted by Gasteiger charge is -2.33. The molecule has 1 aliphatic heterocycles. The maximum absolute atomic E-state index is 12.8. The van der Waals surface area contributed by atoms with Crippen molar-refractivity contribution in [3.05, 3.63) is 41.0 Å². The van der Waals surface area contributed by atoms with Crippen LogP contribution in [0.15, 0.2) is 30.5 Å². The van der Waals surface area contributed by atoms with Gasteiger partial charge in [-0.3, -0.25) is 4.79 Å². The number of rotatable bonds is 4. The van der Waals surface area contributed by atoms with E-state index in [1.165, 1.54) is 7.11 Å². The van der Waals surface area contributed by atoms with Crippen LogP contribution in [-0.4, -0.2) is 47.2 Å². The van der Waals surface area contributed by atoms with Gasteiger partial charge in [-0.05, 0) is 31.0 Å². The van der Waals surface area contributed by atoms with Crippen LogP contribution < -0.4 is 15.8 Å². The van der Waals surface area contributed by atoms with Crippen molar-refractivity contribution in [1.82, 2.24) is 15.1 Å². The maximum Gasteiger partial charge on any atom is 0.257 e. The number of carbonyl (C=O) groups excluding carboxylic acids is 1. The zero-order chi connectivity index (χ0) is 17.8. The van der Waals surface area contributed by atoms with Gasteiger partial charge in [-0.25, -0.2) is 0 Å². The summed E-state index contributed by atoms with van der Waals surface area (Å²) in [5.41, 5.74) is 6.60. The van der Waals surface area contributed by atoms with Gasteiger partial charge >= 0.3 is 0 Å². The summed E-state index contributed by atoms with van der Waals surface area (Å²) in [4.78, 5) is 14.6. The first-order valence-electron chi connectivity index (χ1n) is 8.05. The molecule has 0 saturated carbocycles. The van der Waals surface area contributed by atoms with Crippen LogP contribution in [0, 0.1) is 0 Å². The van der Waals surface area contributed by atoms with E-state index in [2.05, 4.69) is 15.5 Å². The summed E-state index contributed by atoms with van der Waals surface area (Å²) in [6.45, 7) is 1.28. The molecule has 3 rings (SSSR count). The third-order valence-corrected chi connectivity index (χ3v) is 4.58. The quantitative estimate of drug-likeness (QED) is 0.770. The Morgan fingerprint density at radius 1 is 1.38 bits per heavy atom. The topological polar surface area (TPSA) is 93.4 Å². The van der Waals surface area contributed by atoms with E-state index in [1.54, 1.807) is 23.2 Å². The van der Waals surface area contributed by atoms with Crippen molar-refractivity contribution >= 4 is 41.4 Å². The average Bonchev–Trinajstić information content (AvgIpc) is 2.64. The van der Waals surface area contributed by atoms with Crippen molar-refractivity contribution in [2.75, 3.05) is 31.2 Å². The molecule has 0 aliphatic carbocycles. The molecule has 2 heterocycles. The number of likely N-dealkylation sites (tertiary alicyclic amines) is 1. The molecule has 1 aromatic heterocycles. The molecule has 2 aromatic rings.